The number of halogens is 3. The minimum atomic E-state index is -0.941. The number of benzene rings is 2. The van der Waals surface area contributed by atoms with Gasteiger partial charge >= 0.3 is 0 Å². The van der Waals surface area contributed by atoms with E-state index in [0.717, 1.165) is 30.3 Å². The first-order chi connectivity index (χ1) is 9.38. The van der Waals surface area contributed by atoms with Gasteiger partial charge < -0.3 is 10.4 Å². The first-order valence-electron chi connectivity index (χ1n) is 5.64. The van der Waals surface area contributed by atoms with Gasteiger partial charge in [0.05, 0.1) is 11.3 Å². The van der Waals surface area contributed by atoms with Gasteiger partial charge in [0.1, 0.15) is 23.2 Å². The highest BCUT2D eigenvalue weighted by Gasteiger charge is 2.15. The lowest BCUT2D eigenvalue weighted by atomic mass is 10.1. The number of hydrogen-bond donors (Lipinski definition) is 2. The van der Waals surface area contributed by atoms with Crippen LogP contribution < -0.4 is 5.32 Å². The Bertz CT molecular complexity index is 686. The number of rotatable bonds is 2. The molecule has 20 heavy (non-hydrogen) atoms. The van der Waals surface area contributed by atoms with Crippen LogP contribution in [0.15, 0.2) is 30.3 Å². The van der Waals surface area contributed by atoms with E-state index in [1.165, 1.54) is 6.92 Å². The third-order valence-electron chi connectivity index (χ3n) is 2.70. The summed E-state index contributed by atoms with van der Waals surface area (Å²) in [5.74, 6) is -3.65. The van der Waals surface area contributed by atoms with E-state index in [2.05, 4.69) is 5.32 Å². The summed E-state index contributed by atoms with van der Waals surface area (Å²) in [6, 6.07) is 4.51. The molecular formula is C14H10F3NO2. The van der Waals surface area contributed by atoms with Crippen molar-refractivity contribution >= 4 is 11.6 Å². The maximum Gasteiger partial charge on any atom is 0.259 e. The van der Waals surface area contributed by atoms with Crippen molar-refractivity contribution in [2.45, 2.75) is 6.92 Å². The zero-order valence-electron chi connectivity index (χ0n) is 10.4. The molecule has 0 heterocycles. The molecule has 0 aromatic heterocycles. The summed E-state index contributed by atoms with van der Waals surface area (Å²) >= 11 is 0. The Morgan fingerprint density at radius 1 is 1.10 bits per heavy atom. The lowest BCUT2D eigenvalue weighted by molar-refractivity contribution is 0.102. The average molecular weight is 281 g/mol. The van der Waals surface area contributed by atoms with Crippen molar-refractivity contribution in [1.82, 2.24) is 0 Å². The van der Waals surface area contributed by atoms with Gasteiger partial charge in [0.2, 0.25) is 0 Å². The van der Waals surface area contributed by atoms with E-state index in [0.29, 0.717) is 0 Å². The number of phenolic OH excluding ortho intramolecular Hbond substituents is 1. The molecule has 2 rings (SSSR count). The van der Waals surface area contributed by atoms with E-state index in [1.54, 1.807) is 0 Å². The zero-order valence-corrected chi connectivity index (χ0v) is 10.4. The Kier molecular flexibility index (Phi) is 3.65. The van der Waals surface area contributed by atoms with Crippen molar-refractivity contribution in [3.05, 3.63) is 58.9 Å². The molecule has 0 fully saturated rings. The SMILES string of the molecule is Cc1cc(F)c(NC(=O)c2cc(F)ccc2O)cc1F. The number of aromatic hydroxyl groups is 1. The van der Waals surface area contributed by atoms with Gasteiger partial charge in [0.15, 0.2) is 0 Å². The van der Waals surface area contributed by atoms with Crippen LogP contribution in [0.3, 0.4) is 0 Å². The largest absolute Gasteiger partial charge is 0.507 e. The Morgan fingerprint density at radius 3 is 2.50 bits per heavy atom. The zero-order chi connectivity index (χ0) is 14.9. The van der Waals surface area contributed by atoms with Gasteiger partial charge in [-0.1, -0.05) is 0 Å². The molecule has 104 valence electrons. The molecule has 0 unspecified atom stereocenters. The van der Waals surface area contributed by atoms with Gasteiger partial charge in [0, 0.05) is 6.07 Å². The van der Waals surface area contributed by atoms with Crippen LogP contribution in [-0.4, -0.2) is 11.0 Å². The molecule has 1 amide bonds. The van der Waals surface area contributed by atoms with Crippen LogP contribution in [0, 0.1) is 24.4 Å². The fourth-order valence-electron chi connectivity index (χ4n) is 1.62. The molecule has 0 aliphatic carbocycles. The monoisotopic (exact) mass is 281 g/mol. The van der Waals surface area contributed by atoms with Gasteiger partial charge in [-0.05, 0) is 36.8 Å². The van der Waals surface area contributed by atoms with E-state index >= 15 is 0 Å². The minimum Gasteiger partial charge on any atom is -0.507 e. The third-order valence-corrected chi connectivity index (χ3v) is 2.70. The number of anilines is 1. The second kappa shape index (κ2) is 5.24. The highest BCUT2D eigenvalue weighted by atomic mass is 19.1. The predicted octanol–water partition coefficient (Wildman–Crippen LogP) is 3.37. The molecule has 0 saturated carbocycles. The summed E-state index contributed by atoms with van der Waals surface area (Å²) in [5.41, 5.74) is -0.666. The minimum absolute atomic E-state index is 0.0918. The van der Waals surface area contributed by atoms with E-state index in [-0.39, 0.29) is 16.8 Å². The molecule has 2 aromatic rings. The second-order valence-corrected chi connectivity index (χ2v) is 4.20. The molecule has 0 saturated heterocycles. The van der Waals surface area contributed by atoms with Crippen molar-refractivity contribution in [1.29, 1.82) is 0 Å². The maximum absolute atomic E-state index is 13.6. The quantitative estimate of drug-likeness (QED) is 0.886. The molecule has 0 radical (unpaired) electrons. The first kappa shape index (κ1) is 13.9. The molecule has 2 N–H and O–H groups in total. The summed E-state index contributed by atoms with van der Waals surface area (Å²) in [6.07, 6.45) is 0. The van der Waals surface area contributed by atoms with Gasteiger partial charge in [-0.2, -0.15) is 0 Å². The number of carbonyl (C=O) groups is 1. The normalized spacial score (nSPS) is 10.4. The molecule has 0 spiro atoms. The van der Waals surface area contributed by atoms with Crippen LogP contribution in [0.25, 0.3) is 0 Å². The highest BCUT2D eigenvalue weighted by Crippen LogP contribution is 2.22. The summed E-state index contributed by atoms with van der Waals surface area (Å²) in [5, 5.41) is 11.5. The smallest absolute Gasteiger partial charge is 0.259 e. The van der Waals surface area contributed by atoms with Crippen LogP contribution in [-0.2, 0) is 0 Å². The first-order valence-corrected chi connectivity index (χ1v) is 5.64. The number of hydrogen-bond acceptors (Lipinski definition) is 2. The van der Waals surface area contributed by atoms with Crippen molar-refractivity contribution in [3.8, 4) is 5.75 Å². The number of amides is 1. The van der Waals surface area contributed by atoms with Gasteiger partial charge in [-0.25, -0.2) is 13.2 Å². The number of aryl methyl sites for hydroxylation is 1. The van der Waals surface area contributed by atoms with Crippen LogP contribution in [0.2, 0.25) is 0 Å². The number of phenols is 1. The summed E-state index contributed by atoms with van der Waals surface area (Å²) < 4.78 is 39.9. The van der Waals surface area contributed by atoms with Crippen LogP contribution >= 0.6 is 0 Å². The molecular weight excluding hydrogens is 271 g/mol. The van der Waals surface area contributed by atoms with Crippen LogP contribution in [0.1, 0.15) is 15.9 Å². The van der Waals surface area contributed by atoms with Crippen LogP contribution in [0.5, 0.6) is 5.75 Å². The van der Waals surface area contributed by atoms with Crippen molar-refractivity contribution in [2.24, 2.45) is 0 Å². The lowest BCUT2D eigenvalue weighted by Crippen LogP contribution is -2.14. The standard InChI is InChI=1S/C14H10F3NO2/c1-7-4-11(17)12(6-10(7)16)18-14(20)9-5-8(15)2-3-13(9)19/h2-6,19H,1H3,(H,18,20). The fraction of sp³-hybridized carbons (Fsp3) is 0.0714. The Morgan fingerprint density at radius 2 is 1.80 bits per heavy atom. The van der Waals surface area contributed by atoms with E-state index in [9.17, 15) is 23.1 Å². The maximum atomic E-state index is 13.6. The average Bonchev–Trinajstić information content (AvgIpc) is 2.38. The van der Waals surface area contributed by atoms with Gasteiger partial charge in [-0.15, -0.1) is 0 Å². The van der Waals surface area contributed by atoms with E-state index in [1.807, 2.05) is 0 Å². The number of nitrogens with one attached hydrogen (secondary N) is 1. The third kappa shape index (κ3) is 2.74. The molecule has 3 nitrogen and oxygen atoms in total. The molecule has 0 aliphatic heterocycles. The summed E-state index contributed by atoms with van der Waals surface area (Å²) in [7, 11) is 0. The topological polar surface area (TPSA) is 49.3 Å². The highest BCUT2D eigenvalue weighted by molar-refractivity contribution is 6.06. The Labute approximate surface area is 112 Å². The van der Waals surface area contributed by atoms with Gasteiger partial charge in [-0.3, -0.25) is 4.79 Å². The molecule has 0 atom stereocenters. The van der Waals surface area contributed by atoms with Crippen LogP contribution in [0.4, 0.5) is 18.9 Å². The van der Waals surface area contributed by atoms with E-state index in [4.69, 9.17) is 0 Å². The summed E-state index contributed by atoms with van der Waals surface area (Å²) in [6.45, 7) is 1.38. The second-order valence-electron chi connectivity index (χ2n) is 4.20. The molecule has 0 aliphatic rings. The van der Waals surface area contributed by atoms with Crippen molar-refractivity contribution < 1.29 is 23.1 Å². The number of carbonyl (C=O) groups excluding carboxylic acids is 1. The predicted molar refractivity (Wildman–Crippen MR) is 67.1 cm³/mol. The van der Waals surface area contributed by atoms with Crippen molar-refractivity contribution in [2.75, 3.05) is 5.32 Å². The molecule has 6 heteroatoms. The lowest BCUT2D eigenvalue weighted by Gasteiger charge is -2.09. The fourth-order valence-corrected chi connectivity index (χ4v) is 1.62. The summed E-state index contributed by atoms with van der Waals surface area (Å²) in [4.78, 5) is 11.8. The van der Waals surface area contributed by atoms with Gasteiger partial charge in [0.25, 0.3) is 5.91 Å². The Balaban J connectivity index is 2.32. The molecule has 2 aromatic carbocycles. The Hall–Kier alpha value is -2.50. The van der Waals surface area contributed by atoms with Crippen molar-refractivity contribution in [3.63, 3.8) is 0 Å². The van der Waals surface area contributed by atoms with E-state index < -0.39 is 29.1 Å². The molecule has 0 bridgehead atoms.